The maximum atomic E-state index is 15.3. The van der Waals surface area contributed by atoms with Gasteiger partial charge in [0.2, 0.25) is 0 Å². The quantitative estimate of drug-likeness (QED) is 0.186. The van der Waals surface area contributed by atoms with Gasteiger partial charge in [-0.3, -0.25) is 0 Å². The Bertz CT molecular complexity index is 1120. The minimum absolute atomic E-state index is 0.130. The van der Waals surface area contributed by atoms with Crippen LogP contribution in [0.25, 0.3) is 11.1 Å². The van der Waals surface area contributed by atoms with Crippen molar-refractivity contribution in [3.8, 4) is 11.1 Å². The van der Waals surface area contributed by atoms with E-state index < -0.39 is 23.3 Å². The fourth-order valence-corrected chi connectivity index (χ4v) is 5.24. The number of ether oxygens (including phenoxy) is 1. The van der Waals surface area contributed by atoms with E-state index in [1.54, 1.807) is 18.2 Å². The lowest BCUT2D eigenvalue weighted by Crippen LogP contribution is -2.19. The molecule has 1 unspecified atom stereocenters. The topological polar surface area (TPSA) is 9.23 Å². The van der Waals surface area contributed by atoms with Gasteiger partial charge in [-0.15, -0.1) is 6.58 Å². The Balaban J connectivity index is 1.52. The predicted octanol–water partition coefficient (Wildman–Crippen LogP) is 8.36. The van der Waals surface area contributed by atoms with E-state index >= 15 is 13.2 Å². The van der Waals surface area contributed by atoms with Gasteiger partial charge < -0.3 is 4.74 Å². The molecule has 1 aliphatic heterocycles. The molecule has 0 bridgehead atoms. The van der Waals surface area contributed by atoms with E-state index in [9.17, 15) is 4.39 Å². The van der Waals surface area contributed by atoms with E-state index in [0.29, 0.717) is 56.3 Å². The Morgan fingerprint density at radius 2 is 1.51 bits per heavy atom. The zero-order valence-electron chi connectivity index (χ0n) is 20.5. The summed E-state index contributed by atoms with van der Waals surface area (Å²) >= 11 is 0. The molecule has 1 heterocycles. The Morgan fingerprint density at radius 1 is 0.886 bits per heavy atom. The summed E-state index contributed by atoms with van der Waals surface area (Å²) in [5, 5.41) is 0. The van der Waals surface area contributed by atoms with Gasteiger partial charge >= 0.3 is 0 Å². The van der Waals surface area contributed by atoms with E-state index in [1.807, 2.05) is 0 Å². The van der Waals surface area contributed by atoms with Crippen LogP contribution in [-0.4, -0.2) is 12.7 Å². The standard InChI is InChI=1S/C30H34F4O/c1-3-5-7-9-24-15-11-19(18-35-24)10-12-23-17-21-14-13-20-16-22(8-6-4-2)27(31)29(33)25(20)26(21)30(34)28(23)32/h4,11,16-17,24H,2-3,5-10,12-15,18H2,1H3. The first-order valence-electron chi connectivity index (χ1n) is 12.8. The van der Waals surface area contributed by atoms with Gasteiger partial charge in [-0.05, 0) is 79.2 Å². The van der Waals surface area contributed by atoms with Crippen LogP contribution in [0.4, 0.5) is 17.6 Å². The van der Waals surface area contributed by atoms with Crippen LogP contribution in [0.5, 0.6) is 0 Å². The molecule has 2 aliphatic rings. The van der Waals surface area contributed by atoms with Crippen LogP contribution in [0, 0.1) is 23.3 Å². The number of benzene rings is 2. The number of hydrogen-bond acceptors (Lipinski definition) is 1. The second-order valence-corrected chi connectivity index (χ2v) is 9.75. The number of unbranched alkanes of at least 4 members (excludes halogenated alkanes) is 2. The lowest BCUT2D eigenvalue weighted by Gasteiger charge is -2.25. The molecule has 2 aromatic rings. The number of halogens is 4. The fourth-order valence-electron chi connectivity index (χ4n) is 5.24. The molecule has 0 radical (unpaired) electrons. The molecule has 1 atom stereocenters. The van der Waals surface area contributed by atoms with Gasteiger partial charge in [-0.2, -0.15) is 0 Å². The van der Waals surface area contributed by atoms with Crippen molar-refractivity contribution < 1.29 is 22.3 Å². The van der Waals surface area contributed by atoms with Crippen molar-refractivity contribution in [2.75, 3.05) is 6.61 Å². The van der Waals surface area contributed by atoms with Gasteiger partial charge in [0.25, 0.3) is 0 Å². The van der Waals surface area contributed by atoms with Crippen molar-refractivity contribution in [2.24, 2.45) is 0 Å². The third-order valence-electron chi connectivity index (χ3n) is 7.28. The molecule has 0 fully saturated rings. The van der Waals surface area contributed by atoms with E-state index in [-0.39, 0.29) is 28.4 Å². The maximum Gasteiger partial charge on any atom is 0.167 e. The number of hydrogen-bond donors (Lipinski definition) is 0. The molecule has 0 aromatic heterocycles. The monoisotopic (exact) mass is 486 g/mol. The molecule has 0 saturated heterocycles. The molecular weight excluding hydrogens is 452 g/mol. The van der Waals surface area contributed by atoms with Crippen molar-refractivity contribution >= 4 is 0 Å². The van der Waals surface area contributed by atoms with Crippen molar-refractivity contribution in [2.45, 2.75) is 83.7 Å². The molecule has 0 saturated carbocycles. The fraction of sp³-hybridized carbons (Fsp3) is 0.467. The lowest BCUT2D eigenvalue weighted by atomic mass is 9.82. The summed E-state index contributed by atoms with van der Waals surface area (Å²) in [4.78, 5) is 0. The summed E-state index contributed by atoms with van der Waals surface area (Å²) < 4.78 is 66.1. The Labute approximate surface area is 205 Å². The molecule has 4 rings (SSSR count). The highest BCUT2D eigenvalue weighted by molar-refractivity contribution is 5.75. The first kappa shape index (κ1) is 25.7. The number of rotatable bonds is 10. The Morgan fingerprint density at radius 3 is 2.06 bits per heavy atom. The summed E-state index contributed by atoms with van der Waals surface area (Å²) in [5.41, 5.74) is 2.42. The van der Waals surface area contributed by atoms with Crippen LogP contribution in [0.2, 0.25) is 0 Å². The molecule has 0 amide bonds. The molecule has 1 nitrogen and oxygen atoms in total. The first-order valence-corrected chi connectivity index (χ1v) is 12.8. The molecule has 0 spiro atoms. The van der Waals surface area contributed by atoms with Crippen LogP contribution in [-0.2, 0) is 30.4 Å². The highest BCUT2D eigenvalue weighted by Crippen LogP contribution is 2.41. The van der Waals surface area contributed by atoms with E-state index in [2.05, 4.69) is 19.6 Å². The summed E-state index contributed by atoms with van der Waals surface area (Å²) in [7, 11) is 0. The minimum Gasteiger partial charge on any atom is -0.374 e. The van der Waals surface area contributed by atoms with Gasteiger partial charge in [-0.25, -0.2) is 17.6 Å². The molecule has 1 aliphatic carbocycles. The van der Waals surface area contributed by atoms with Crippen molar-refractivity contribution in [3.05, 3.63) is 82.0 Å². The molecule has 0 N–H and O–H groups in total. The smallest absolute Gasteiger partial charge is 0.167 e. The zero-order chi connectivity index (χ0) is 24.9. The zero-order valence-corrected chi connectivity index (χ0v) is 20.5. The third kappa shape index (κ3) is 5.55. The van der Waals surface area contributed by atoms with Crippen molar-refractivity contribution in [1.82, 2.24) is 0 Å². The number of fused-ring (bicyclic) bond motifs is 3. The lowest BCUT2D eigenvalue weighted by molar-refractivity contribution is 0.0526. The molecule has 35 heavy (non-hydrogen) atoms. The highest BCUT2D eigenvalue weighted by atomic mass is 19.2. The van der Waals surface area contributed by atoms with Crippen LogP contribution >= 0.6 is 0 Å². The van der Waals surface area contributed by atoms with Crippen LogP contribution in [0.15, 0.2) is 36.4 Å². The third-order valence-corrected chi connectivity index (χ3v) is 7.28. The maximum absolute atomic E-state index is 15.3. The number of aryl methyl sites for hydroxylation is 4. The van der Waals surface area contributed by atoms with Gasteiger partial charge in [0, 0.05) is 11.1 Å². The van der Waals surface area contributed by atoms with Crippen molar-refractivity contribution in [1.29, 1.82) is 0 Å². The second-order valence-electron chi connectivity index (χ2n) is 9.75. The average molecular weight is 487 g/mol. The van der Waals surface area contributed by atoms with E-state index in [0.717, 1.165) is 24.8 Å². The first-order chi connectivity index (χ1) is 16.9. The minimum atomic E-state index is -1.09. The summed E-state index contributed by atoms with van der Waals surface area (Å²) in [5.74, 6) is -4.13. The SMILES string of the molecule is C=CCCc1cc2c(c(F)c1F)-c1c(cc(CCC3=CCC(CCCCC)OC3)c(F)c1F)CC2. The van der Waals surface area contributed by atoms with Crippen LogP contribution in [0.3, 0.4) is 0 Å². The van der Waals surface area contributed by atoms with Crippen LogP contribution in [0.1, 0.15) is 74.1 Å². The average Bonchev–Trinajstić information content (AvgIpc) is 2.87. The largest absolute Gasteiger partial charge is 0.374 e. The van der Waals surface area contributed by atoms with Gasteiger partial charge in [-0.1, -0.05) is 50.5 Å². The van der Waals surface area contributed by atoms with E-state index in [1.165, 1.54) is 12.8 Å². The molecule has 5 heteroatoms. The highest BCUT2D eigenvalue weighted by Gasteiger charge is 2.30. The summed E-state index contributed by atoms with van der Waals surface area (Å²) in [6, 6.07) is 3.23. The summed E-state index contributed by atoms with van der Waals surface area (Å²) in [6.07, 6.45) is 12.2. The van der Waals surface area contributed by atoms with Gasteiger partial charge in [0.15, 0.2) is 23.3 Å². The van der Waals surface area contributed by atoms with Crippen molar-refractivity contribution in [3.63, 3.8) is 0 Å². The Hall–Kier alpha value is -2.40. The Kier molecular flexibility index (Phi) is 8.48. The predicted molar refractivity (Wildman–Crippen MR) is 133 cm³/mol. The van der Waals surface area contributed by atoms with Gasteiger partial charge in [0.1, 0.15) is 0 Å². The molecule has 188 valence electrons. The number of allylic oxidation sites excluding steroid dienone is 1. The normalized spacial score (nSPS) is 17.1. The molecule has 2 aromatic carbocycles. The van der Waals surface area contributed by atoms with Gasteiger partial charge in [0.05, 0.1) is 12.7 Å². The van der Waals surface area contributed by atoms with Crippen LogP contribution < -0.4 is 0 Å². The van der Waals surface area contributed by atoms with E-state index in [4.69, 9.17) is 4.74 Å². The second kappa shape index (κ2) is 11.6. The molecular formula is C30H34F4O. The summed E-state index contributed by atoms with van der Waals surface area (Å²) in [6.45, 7) is 6.32.